The van der Waals surface area contributed by atoms with Crippen molar-refractivity contribution in [3.63, 3.8) is 0 Å². The quantitative estimate of drug-likeness (QED) is 0.769. The van der Waals surface area contributed by atoms with Crippen molar-refractivity contribution in [2.75, 3.05) is 0 Å². The van der Waals surface area contributed by atoms with E-state index in [1.165, 1.54) is 6.07 Å². The Balaban J connectivity index is 2.76. The molecule has 1 rings (SSSR count). The lowest BCUT2D eigenvalue weighted by Gasteiger charge is -2.12. The van der Waals surface area contributed by atoms with Crippen LogP contribution in [0.15, 0.2) is 30.9 Å². The van der Waals surface area contributed by atoms with Crippen LogP contribution in [0.5, 0.6) is 5.75 Å². The number of amides is 1. The van der Waals surface area contributed by atoms with Crippen molar-refractivity contribution >= 4 is 5.91 Å². The zero-order valence-corrected chi connectivity index (χ0v) is 9.03. The lowest BCUT2D eigenvalue weighted by molar-refractivity contribution is 0.0938. The summed E-state index contributed by atoms with van der Waals surface area (Å²) in [6.07, 6.45) is 2.32. The smallest absolute Gasteiger partial charge is 0.255 e. The highest BCUT2D eigenvalue weighted by Gasteiger charge is 2.13. The lowest BCUT2D eigenvalue weighted by Crippen LogP contribution is -2.32. The molecule has 0 spiro atoms. The Hall–Kier alpha value is -1.84. The molecule has 0 aliphatic carbocycles. The number of aromatic hydroxyl groups is 1. The zero-order chi connectivity index (χ0) is 12.1. The van der Waals surface area contributed by atoms with Crippen molar-refractivity contribution in [1.82, 2.24) is 5.32 Å². The third kappa shape index (κ3) is 3.08. The van der Waals surface area contributed by atoms with Gasteiger partial charge in [0.25, 0.3) is 5.91 Å². The Morgan fingerprint density at radius 2 is 2.38 bits per heavy atom. The molecule has 1 unspecified atom stereocenters. The molecule has 1 atom stereocenters. The molecule has 3 nitrogen and oxygen atoms in total. The number of benzene rings is 1. The van der Waals surface area contributed by atoms with Crippen LogP contribution in [0.2, 0.25) is 0 Å². The van der Waals surface area contributed by atoms with Crippen molar-refractivity contribution in [3.05, 3.63) is 42.2 Å². The van der Waals surface area contributed by atoms with Gasteiger partial charge in [0, 0.05) is 12.1 Å². The summed E-state index contributed by atoms with van der Waals surface area (Å²) in [5.41, 5.74) is 0.0670. The van der Waals surface area contributed by atoms with Gasteiger partial charge in [0.1, 0.15) is 11.6 Å². The maximum absolute atomic E-state index is 12.7. The molecular formula is C12H14FNO2. The molecule has 86 valence electrons. The summed E-state index contributed by atoms with van der Waals surface area (Å²) in [7, 11) is 0. The first-order valence-corrected chi connectivity index (χ1v) is 4.95. The average Bonchev–Trinajstić information content (AvgIpc) is 2.17. The topological polar surface area (TPSA) is 49.3 Å². The minimum atomic E-state index is -0.576. The van der Waals surface area contributed by atoms with Gasteiger partial charge in [0.2, 0.25) is 0 Å². The summed E-state index contributed by atoms with van der Waals surface area (Å²) < 4.78 is 12.7. The van der Waals surface area contributed by atoms with Crippen LogP contribution in [0, 0.1) is 5.82 Å². The molecule has 0 aliphatic heterocycles. The van der Waals surface area contributed by atoms with Crippen LogP contribution >= 0.6 is 0 Å². The van der Waals surface area contributed by atoms with Crippen molar-refractivity contribution in [3.8, 4) is 5.75 Å². The van der Waals surface area contributed by atoms with E-state index in [-0.39, 0.29) is 17.4 Å². The molecular weight excluding hydrogens is 209 g/mol. The molecule has 0 bridgehead atoms. The molecule has 0 heterocycles. The average molecular weight is 223 g/mol. The van der Waals surface area contributed by atoms with Gasteiger partial charge in [-0.1, -0.05) is 6.08 Å². The predicted octanol–water partition coefficient (Wildman–Crippen LogP) is 2.23. The van der Waals surface area contributed by atoms with Gasteiger partial charge in [-0.25, -0.2) is 4.39 Å². The summed E-state index contributed by atoms with van der Waals surface area (Å²) >= 11 is 0. The molecule has 1 aromatic carbocycles. The van der Waals surface area contributed by atoms with E-state index in [0.717, 1.165) is 12.1 Å². The Labute approximate surface area is 93.6 Å². The fourth-order valence-corrected chi connectivity index (χ4v) is 1.31. The molecule has 4 heteroatoms. The molecule has 2 N–H and O–H groups in total. The minimum absolute atomic E-state index is 0.0670. The number of halogens is 1. The summed E-state index contributed by atoms with van der Waals surface area (Å²) in [5.74, 6) is -1.36. The van der Waals surface area contributed by atoms with Gasteiger partial charge in [-0.15, -0.1) is 6.58 Å². The lowest BCUT2D eigenvalue weighted by atomic mass is 10.1. The molecule has 0 aliphatic rings. The van der Waals surface area contributed by atoms with Gasteiger partial charge in [-0.2, -0.15) is 0 Å². The molecule has 0 saturated carbocycles. The van der Waals surface area contributed by atoms with Crippen LogP contribution in [0.25, 0.3) is 0 Å². The van der Waals surface area contributed by atoms with Crippen LogP contribution in [0.1, 0.15) is 23.7 Å². The van der Waals surface area contributed by atoms with E-state index in [2.05, 4.69) is 11.9 Å². The van der Waals surface area contributed by atoms with Crippen LogP contribution in [0.4, 0.5) is 4.39 Å². The number of hydrogen-bond donors (Lipinski definition) is 2. The van der Waals surface area contributed by atoms with E-state index in [1.807, 2.05) is 6.92 Å². The number of carbonyl (C=O) groups is 1. The zero-order valence-electron chi connectivity index (χ0n) is 9.03. The third-order valence-corrected chi connectivity index (χ3v) is 2.10. The standard InChI is InChI=1S/C12H14FNO2/c1-3-4-8(2)14-12(16)10-6-5-9(13)7-11(10)15/h3,5-8,15H,1,4H2,2H3,(H,14,16). The van der Waals surface area contributed by atoms with Gasteiger partial charge in [-0.3, -0.25) is 4.79 Å². The van der Waals surface area contributed by atoms with E-state index in [1.54, 1.807) is 6.08 Å². The first kappa shape index (κ1) is 12.2. The Bertz CT molecular complexity index is 404. The molecule has 0 aromatic heterocycles. The second-order valence-corrected chi connectivity index (χ2v) is 3.56. The second-order valence-electron chi connectivity index (χ2n) is 3.56. The Morgan fingerprint density at radius 1 is 1.69 bits per heavy atom. The monoisotopic (exact) mass is 223 g/mol. The van der Waals surface area contributed by atoms with E-state index < -0.39 is 11.7 Å². The fourth-order valence-electron chi connectivity index (χ4n) is 1.31. The summed E-state index contributed by atoms with van der Waals surface area (Å²) in [6, 6.07) is 3.22. The van der Waals surface area contributed by atoms with E-state index in [9.17, 15) is 14.3 Å². The number of phenolic OH excluding ortho intramolecular Hbond substituents is 1. The number of nitrogens with one attached hydrogen (secondary N) is 1. The maximum Gasteiger partial charge on any atom is 0.255 e. The summed E-state index contributed by atoms with van der Waals surface area (Å²) in [5, 5.41) is 12.0. The Kier molecular flexibility index (Phi) is 4.05. The van der Waals surface area contributed by atoms with Crippen LogP contribution in [0.3, 0.4) is 0 Å². The molecule has 0 radical (unpaired) electrons. The van der Waals surface area contributed by atoms with E-state index in [0.29, 0.717) is 6.42 Å². The molecule has 0 fully saturated rings. The van der Waals surface area contributed by atoms with Gasteiger partial charge >= 0.3 is 0 Å². The summed E-state index contributed by atoms with van der Waals surface area (Å²) in [6.45, 7) is 5.38. The highest BCUT2D eigenvalue weighted by molar-refractivity contribution is 5.96. The van der Waals surface area contributed by atoms with Crippen molar-refractivity contribution < 1.29 is 14.3 Å². The highest BCUT2D eigenvalue weighted by Crippen LogP contribution is 2.17. The summed E-state index contributed by atoms with van der Waals surface area (Å²) in [4.78, 5) is 11.6. The van der Waals surface area contributed by atoms with Gasteiger partial charge in [0.15, 0.2) is 0 Å². The maximum atomic E-state index is 12.7. The highest BCUT2D eigenvalue weighted by atomic mass is 19.1. The Morgan fingerprint density at radius 3 is 2.94 bits per heavy atom. The number of hydrogen-bond acceptors (Lipinski definition) is 2. The normalized spacial score (nSPS) is 11.9. The van der Waals surface area contributed by atoms with Crippen LogP contribution < -0.4 is 5.32 Å². The van der Waals surface area contributed by atoms with Crippen LogP contribution in [-0.2, 0) is 0 Å². The fraction of sp³-hybridized carbons (Fsp3) is 0.250. The molecule has 0 saturated heterocycles. The SMILES string of the molecule is C=CCC(C)NC(=O)c1ccc(F)cc1O. The van der Waals surface area contributed by atoms with Crippen molar-refractivity contribution in [2.45, 2.75) is 19.4 Å². The van der Waals surface area contributed by atoms with Crippen molar-refractivity contribution in [1.29, 1.82) is 0 Å². The first-order chi connectivity index (χ1) is 7.54. The van der Waals surface area contributed by atoms with Gasteiger partial charge in [-0.05, 0) is 25.5 Å². The minimum Gasteiger partial charge on any atom is -0.507 e. The van der Waals surface area contributed by atoms with Gasteiger partial charge < -0.3 is 10.4 Å². The number of phenols is 1. The van der Waals surface area contributed by atoms with E-state index >= 15 is 0 Å². The van der Waals surface area contributed by atoms with E-state index in [4.69, 9.17) is 0 Å². The predicted molar refractivity (Wildman–Crippen MR) is 59.8 cm³/mol. The third-order valence-electron chi connectivity index (χ3n) is 2.10. The molecule has 1 aromatic rings. The van der Waals surface area contributed by atoms with Crippen molar-refractivity contribution in [2.24, 2.45) is 0 Å². The van der Waals surface area contributed by atoms with Gasteiger partial charge in [0.05, 0.1) is 5.56 Å². The first-order valence-electron chi connectivity index (χ1n) is 4.95. The number of rotatable bonds is 4. The largest absolute Gasteiger partial charge is 0.507 e. The molecule has 16 heavy (non-hydrogen) atoms. The molecule has 1 amide bonds. The number of carbonyl (C=O) groups excluding carboxylic acids is 1. The second kappa shape index (κ2) is 5.30. The van der Waals surface area contributed by atoms with Crippen LogP contribution in [-0.4, -0.2) is 17.1 Å².